The highest BCUT2D eigenvalue weighted by molar-refractivity contribution is 6.30. The van der Waals surface area contributed by atoms with Gasteiger partial charge in [0.2, 0.25) is 6.41 Å². The molecule has 0 saturated carbocycles. The number of morpholine rings is 1. The van der Waals surface area contributed by atoms with Crippen LogP contribution < -0.4 is 10.1 Å². The summed E-state index contributed by atoms with van der Waals surface area (Å²) in [5, 5.41) is 12.7. The Hall–Kier alpha value is -3.35. The van der Waals surface area contributed by atoms with Crippen LogP contribution in [0.2, 0.25) is 5.02 Å². The predicted octanol–water partition coefficient (Wildman–Crippen LogP) is 1.66. The summed E-state index contributed by atoms with van der Waals surface area (Å²) in [5.74, 6) is 0.675. The summed E-state index contributed by atoms with van der Waals surface area (Å²) >= 11 is 6.12. The minimum absolute atomic E-state index is 0.0381. The van der Waals surface area contributed by atoms with Crippen LogP contribution in [0.1, 0.15) is 11.1 Å². The molecule has 1 unspecified atom stereocenters. The number of benzene rings is 2. The quantitative estimate of drug-likeness (QED) is 0.250. The van der Waals surface area contributed by atoms with Gasteiger partial charge in [0.15, 0.2) is 0 Å². The van der Waals surface area contributed by atoms with E-state index in [2.05, 4.69) is 16.3 Å². The van der Waals surface area contributed by atoms with E-state index in [1.807, 2.05) is 47.2 Å². The number of rotatable bonds is 14. The molecule has 222 valence electrons. The van der Waals surface area contributed by atoms with Gasteiger partial charge in [-0.15, -0.1) is 0 Å². The van der Waals surface area contributed by atoms with Gasteiger partial charge in [-0.25, -0.2) is 0 Å². The van der Waals surface area contributed by atoms with Gasteiger partial charge in [0, 0.05) is 45.3 Å². The predicted molar refractivity (Wildman–Crippen MR) is 153 cm³/mol. The zero-order chi connectivity index (χ0) is 29.2. The number of amides is 2. The monoisotopic (exact) mass is 587 g/mol. The lowest BCUT2D eigenvalue weighted by Crippen LogP contribution is -2.45. The molecule has 2 aromatic rings. The van der Waals surface area contributed by atoms with E-state index in [0.29, 0.717) is 29.5 Å². The normalized spacial score (nSPS) is 17.6. The van der Waals surface area contributed by atoms with Crippen molar-refractivity contribution in [1.29, 1.82) is 0 Å². The summed E-state index contributed by atoms with van der Waals surface area (Å²) in [7, 11) is 3.55. The van der Waals surface area contributed by atoms with Gasteiger partial charge in [-0.3, -0.25) is 19.4 Å². The number of carbonyl (C=O) groups excluding carboxylic acids is 2. The molecule has 0 radical (unpaired) electrons. The summed E-state index contributed by atoms with van der Waals surface area (Å²) in [6.45, 7) is 4.44. The smallest absolute Gasteiger partial charge is 0.280 e. The van der Waals surface area contributed by atoms with Crippen molar-refractivity contribution in [3.05, 3.63) is 76.2 Å². The van der Waals surface area contributed by atoms with Crippen molar-refractivity contribution in [3.8, 4) is 5.75 Å². The molecule has 0 aliphatic carbocycles. The first-order valence-corrected chi connectivity index (χ1v) is 14.0. The minimum atomic E-state index is -0.690. The Morgan fingerprint density at radius 2 is 1.90 bits per heavy atom. The second-order valence-corrected chi connectivity index (χ2v) is 10.2. The molecule has 2 heterocycles. The van der Waals surface area contributed by atoms with Crippen molar-refractivity contribution >= 4 is 23.9 Å². The van der Waals surface area contributed by atoms with E-state index >= 15 is 0 Å². The number of nitrogens with zero attached hydrogens (tertiary/aromatic N) is 4. The van der Waals surface area contributed by atoms with Gasteiger partial charge in [0.05, 0.1) is 39.6 Å². The number of aliphatic hydroxyl groups is 1. The second kappa shape index (κ2) is 15.0. The summed E-state index contributed by atoms with van der Waals surface area (Å²) in [5.41, 5.74) is 2.31. The summed E-state index contributed by atoms with van der Waals surface area (Å²) in [6, 6.07) is 15.3. The zero-order valence-corrected chi connectivity index (χ0v) is 24.3. The Morgan fingerprint density at radius 3 is 2.59 bits per heavy atom. The lowest BCUT2D eigenvalue weighted by molar-refractivity contribution is -0.138. The van der Waals surface area contributed by atoms with Gasteiger partial charge >= 0.3 is 0 Å². The van der Waals surface area contributed by atoms with E-state index in [0.717, 1.165) is 48.9 Å². The van der Waals surface area contributed by atoms with E-state index in [1.165, 1.54) is 0 Å². The third-order valence-electron chi connectivity index (χ3n) is 6.92. The van der Waals surface area contributed by atoms with E-state index in [9.17, 15) is 9.59 Å². The van der Waals surface area contributed by atoms with Crippen LogP contribution in [-0.2, 0) is 32.2 Å². The average Bonchev–Trinajstić information content (AvgIpc) is 3.24. The maximum Gasteiger partial charge on any atom is 0.280 e. The largest absolute Gasteiger partial charge is 0.452 e. The van der Waals surface area contributed by atoms with Crippen molar-refractivity contribution in [2.75, 3.05) is 66.8 Å². The molecule has 2 amide bonds. The van der Waals surface area contributed by atoms with Gasteiger partial charge in [-0.2, -0.15) is 0 Å². The Morgan fingerprint density at radius 1 is 1.15 bits per heavy atom. The van der Waals surface area contributed by atoms with E-state index in [1.54, 1.807) is 19.2 Å². The van der Waals surface area contributed by atoms with Gasteiger partial charge in [-0.1, -0.05) is 35.9 Å². The number of aliphatic hydroxyl groups excluding tert-OH is 1. The van der Waals surface area contributed by atoms with Crippen LogP contribution in [0.3, 0.4) is 0 Å². The summed E-state index contributed by atoms with van der Waals surface area (Å²) < 4.78 is 17.3. The van der Waals surface area contributed by atoms with Crippen molar-refractivity contribution in [3.63, 3.8) is 0 Å². The highest BCUT2D eigenvalue weighted by Gasteiger charge is 2.42. The van der Waals surface area contributed by atoms with Crippen LogP contribution in [0, 0.1) is 0 Å². The highest BCUT2D eigenvalue weighted by Crippen LogP contribution is 2.32. The number of halogens is 1. The molecular formula is C29H38ClN5O6. The van der Waals surface area contributed by atoms with Crippen molar-refractivity contribution in [2.24, 2.45) is 0 Å². The Bertz CT molecular complexity index is 1190. The lowest BCUT2D eigenvalue weighted by atomic mass is 10.2. The van der Waals surface area contributed by atoms with Gasteiger partial charge in [0.25, 0.3) is 12.3 Å². The van der Waals surface area contributed by atoms with Gasteiger partial charge in [0.1, 0.15) is 17.3 Å². The molecule has 11 nitrogen and oxygen atoms in total. The number of hydrogen-bond donors (Lipinski definition) is 2. The fourth-order valence-electron chi connectivity index (χ4n) is 4.86. The molecule has 1 atom stereocenters. The Labute approximate surface area is 245 Å². The molecule has 2 N–H and O–H groups in total. The molecule has 2 aliphatic heterocycles. The molecule has 0 spiro atoms. The molecule has 1 fully saturated rings. The first kappa shape index (κ1) is 30.6. The zero-order valence-electron chi connectivity index (χ0n) is 23.5. The van der Waals surface area contributed by atoms with E-state index < -0.39 is 12.3 Å². The first-order chi connectivity index (χ1) is 19.9. The van der Waals surface area contributed by atoms with Crippen LogP contribution in [0.5, 0.6) is 5.75 Å². The van der Waals surface area contributed by atoms with Crippen molar-refractivity contribution in [1.82, 2.24) is 24.9 Å². The van der Waals surface area contributed by atoms with Crippen LogP contribution >= 0.6 is 11.6 Å². The third kappa shape index (κ3) is 7.90. The number of nitrogens with one attached hydrogen (secondary N) is 1. The average molecular weight is 588 g/mol. The summed E-state index contributed by atoms with van der Waals surface area (Å²) in [6.07, 6.45) is -0.195. The van der Waals surface area contributed by atoms with E-state index in [4.69, 9.17) is 30.9 Å². The Kier molecular flexibility index (Phi) is 11.2. The molecule has 2 aliphatic rings. The second-order valence-electron chi connectivity index (χ2n) is 9.73. The fraction of sp³-hybridized carbons (Fsp3) is 0.448. The number of imide groups is 1. The maximum atomic E-state index is 13.8. The molecule has 0 aromatic heterocycles. The number of ether oxygens (including phenoxy) is 3. The molecule has 41 heavy (non-hydrogen) atoms. The summed E-state index contributed by atoms with van der Waals surface area (Å²) in [4.78, 5) is 32.9. The molecular weight excluding hydrogens is 550 g/mol. The number of hydrogen-bond acceptors (Lipinski definition) is 10. The minimum Gasteiger partial charge on any atom is -0.452 e. The molecule has 1 saturated heterocycles. The van der Waals surface area contributed by atoms with Crippen molar-refractivity contribution in [2.45, 2.75) is 19.4 Å². The van der Waals surface area contributed by atoms with Crippen LogP contribution in [0.15, 0.2) is 60.0 Å². The van der Waals surface area contributed by atoms with Gasteiger partial charge in [-0.05, 0) is 35.4 Å². The standard InChI is InChI=1S/C29H38ClN5O6/c1-31-27-26(28(38)34(21-37)12-16-40-17-13-36)35(20-22-6-8-24(30)9-7-22)29(32(27)2)41-25-5-3-4-23(18-25)19-33-10-14-39-15-11-33/h3-9,18,21,29,31,36H,10-17,19-20H2,1-2H3. The molecule has 0 bridgehead atoms. The lowest BCUT2D eigenvalue weighted by Gasteiger charge is -2.33. The SMILES string of the molecule is CNC1=C(C(=O)N(C=O)CCOCCO)N(Cc2ccc(Cl)cc2)C(Oc2cccc(CN3CCOCC3)c2)N1C. The fourth-order valence-corrected chi connectivity index (χ4v) is 4.99. The van der Waals surface area contributed by atoms with Crippen molar-refractivity contribution < 1.29 is 28.9 Å². The Balaban J connectivity index is 1.61. The maximum absolute atomic E-state index is 13.8. The number of carbonyl (C=O) groups is 2. The van der Waals surface area contributed by atoms with Crippen LogP contribution in [0.4, 0.5) is 0 Å². The van der Waals surface area contributed by atoms with Crippen LogP contribution in [-0.4, -0.2) is 110 Å². The third-order valence-corrected chi connectivity index (χ3v) is 7.17. The highest BCUT2D eigenvalue weighted by atomic mass is 35.5. The van der Waals surface area contributed by atoms with Crippen LogP contribution in [0.25, 0.3) is 0 Å². The molecule has 4 rings (SSSR count). The first-order valence-electron chi connectivity index (χ1n) is 13.6. The van der Waals surface area contributed by atoms with Gasteiger partial charge < -0.3 is 34.4 Å². The molecule has 12 heteroatoms. The van der Waals surface area contributed by atoms with E-state index in [-0.39, 0.29) is 32.1 Å². The topological polar surface area (TPSA) is 107 Å². The molecule has 2 aromatic carbocycles.